The molecule has 144 valence electrons. The number of nitrogens with zero attached hydrogens (tertiary/aromatic N) is 3. The first kappa shape index (κ1) is 19.6. The van der Waals surface area contributed by atoms with Crippen LogP contribution in [0.2, 0.25) is 0 Å². The maximum atomic E-state index is 12.3. The smallest absolute Gasteiger partial charge is 0.269 e. The number of amides is 1. The SMILES string of the molecule is Cc1cccc(CSCC(=O)Nc2cc(C)nn2-c2ccc([N+](=O)[O-])cc2)c1. The van der Waals surface area contributed by atoms with Crippen molar-refractivity contribution in [2.24, 2.45) is 0 Å². The fourth-order valence-corrected chi connectivity index (χ4v) is 3.52. The quantitative estimate of drug-likeness (QED) is 0.476. The van der Waals surface area contributed by atoms with Gasteiger partial charge in [0.25, 0.3) is 5.69 Å². The number of hydrogen-bond acceptors (Lipinski definition) is 5. The fraction of sp³-hybridized carbons (Fsp3) is 0.200. The van der Waals surface area contributed by atoms with Crippen LogP contribution in [0.4, 0.5) is 11.5 Å². The topological polar surface area (TPSA) is 90.1 Å². The lowest BCUT2D eigenvalue weighted by atomic mass is 10.2. The molecule has 0 aliphatic rings. The summed E-state index contributed by atoms with van der Waals surface area (Å²) in [6, 6.07) is 16.0. The number of aromatic nitrogens is 2. The van der Waals surface area contributed by atoms with Crippen LogP contribution in [0.25, 0.3) is 5.69 Å². The van der Waals surface area contributed by atoms with E-state index in [4.69, 9.17) is 0 Å². The number of aryl methyl sites for hydroxylation is 2. The van der Waals surface area contributed by atoms with Gasteiger partial charge in [-0.25, -0.2) is 4.68 Å². The lowest BCUT2D eigenvalue weighted by Crippen LogP contribution is -2.17. The summed E-state index contributed by atoms with van der Waals surface area (Å²) >= 11 is 1.54. The zero-order chi connectivity index (χ0) is 20.1. The molecule has 2 aromatic carbocycles. The summed E-state index contributed by atoms with van der Waals surface area (Å²) in [5, 5.41) is 18.1. The molecule has 0 aliphatic carbocycles. The summed E-state index contributed by atoms with van der Waals surface area (Å²) in [7, 11) is 0. The van der Waals surface area contributed by atoms with Gasteiger partial charge in [-0.3, -0.25) is 14.9 Å². The molecule has 1 heterocycles. The fourth-order valence-electron chi connectivity index (χ4n) is 2.74. The second-order valence-electron chi connectivity index (χ2n) is 6.39. The van der Waals surface area contributed by atoms with Crippen molar-refractivity contribution in [3.63, 3.8) is 0 Å². The minimum Gasteiger partial charge on any atom is -0.310 e. The molecule has 8 heteroatoms. The Hall–Kier alpha value is -3.13. The van der Waals surface area contributed by atoms with Crippen molar-refractivity contribution >= 4 is 29.2 Å². The van der Waals surface area contributed by atoms with Crippen molar-refractivity contribution in [3.05, 3.63) is 81.5 Å². The lowest BCUT2D eigenvalue weighted by molar-refractivity contribution is -0.384. The molecule has 0 fully saturated rings. The maximum Gasteiger partial charge on any atom is 0.269 e. The van der Waals surface area contributed by atoms with Gasteiger partial charge in [0, 0.05) is 24.0 Å². The zero-order valence-corrected chi connectivity index (χ0v) is 16.4. The molecule has 1 aromatic heterocycles. The van der Waals surface area contributed by atoms with Crippen LogP contribution in [0.15, 0.2) is 54.6 Å². The summed E-state index contributed by atoms with van der Waals surface area (Å²) in [6.07, 6.45) is 0. The van der Waals surface area contributed by atoms with E-state index in [9.17, 15) is 14.9 Å². The minimum atomic E-state index is -0.452. The Morgan fingerprint density at radius 3 is 2.61 bits per heavy atom. The van der Waals surface area contributed by atoms with Crippen molar-refractivity contribution in [2.45, 2.75) is 19.6 Å². The van der Waals surface area contributed by atoms with Crippen molar-refractivity contribution in [1.82, 2.24) is 9.78 Å². The Labute approximate surface area is 166 Å². The molecule has 3 rings (SSSR count). The molecule has 0 atom stereocenters. The van der Waals surface area contributed by atoms with Crippen molar-refractivity contribution in [3.8, 4) is 5.69 Å². The highest BCUT2D eigenvalue weighted by Gasteiger charge is 2.12. The Morgan fingerprint density at radius 2 is 1.93 bits per heavy atom. The van der Waals surface area contributed by atoms with Gasteiger partial charge in [0.1, 0.15) is 5.82 Å². The van der Waals surface area contributed by atoms with Crippen LogP contribution in [0.3, 0.4) is 0 Å². The molecule has 0 radical (unpaired) electrons. The van der Waals surface area contributed by atoms with Crippen LogP contribution in [-0.4, -0.2) is 26.4 Å². The largest absolute Gasteiger partial charge is 0.310 e. The predicted octanol–water partition coefficient (Wildman–Crippen LogP) is 4.27. The zero-order valence-electron chi connectivity index (χ0n) is 15.6. The average Bonchev–Trinajstić information content (AvgIpc) is 3.02. The average molecular weight is 396 g/mol. The van der Waals surface area contributed by atoms with E-state index in [1.807, 2.05) is 32.0 Å². The molecule has 0 aliphatic heterocycles. The monoisotopic (exact) mass is 396 g/mol. The van der Waals surface area contributed by atoms with Gasteiger partial charge in [0.2, 0.25) is 5.91 Å². The molecule has 28 heavy (non-hydrogen) atoms. The van der Waals surface area contributed by atoms with Gasteiger partial charge in [-0.2, -0.15) is 5.10 Å². The summed E-state index contributed by atoms with van der Waals surface area (Å²) in [5.41, 5.74) is 3.77. The Balaban J connectivity index is 1.64. The summed E-state index contributed by atoms with van der Waals surface area (Å²) in [4.78, 5) is 22.7. The number of carbonyl (C=O) groups is 1. The van der Waals surface area contributed by atoms with E-state index in [2.05, 4.69) is 16.5 Å². The number of hydrogen-bond donors (Lipinski definition) is 1. The van der Waals surface area contributed by atoms with Gasteiger partial charge in [-0.05, 0) is 31.5 Å². The highest BCUT2D eigenvalue weighted by atomic mass is 32.2. The summed E-state index contributed by atoms with van der Waals surface area (Å²) in [6.45, 7) is 3.87. The first-order chi connectivity index (χ1) is 13.4. The Morgan fingerprint density at radius 1 is 1.18 bits per heavy atom. The van der Waals surface area contributed by atoms with Crippen LogP contribution in [0.5, 0.6) is 0 Å². The summed E-state index contributed by atoms with van der Waals surface area (Å²) in [5.74, 6) is 1.49. The molecule has 0 bridgehead atoms. The molecule has 7 nitrogen and oxygen atoms in total. The normalized spacial score (nSPS) is 10.6. The van der Waals surface area contributed by atoms with E-state index in [-0.39, 0.29) is 11.6 Å². The van der Waals surface area contributed by atoms with Gasteiger partial charge >= 0.3 is 0 Å². The number of benzene rings is 2. The van der Waals surface area contributed by atoms with Crippen LogP contribution >= 0.6 is 11.8 Å². The van der Waals surface area contributed by atoms with Gasteiger partial charge < -0.3 is 5.32 Å². The third-order valence-electron chi connectivity index (χ3n) is 3.99. The second-order valence-corrected chi connectivity index (χ2v) is 7.37. The molecule has 0 spiro atoms. The molecule has 1 N–H and O–H groups in total. The first-order valence-corrected chi connectivity index (χ1v) is 9.82. The number of rotatable bonds is 7. The molecule has 0 saturated heterocycles. The minimum absolute atomic E-state index is 0.00534. The number of carbonyl (C=O) groups excluding carboxylic acids is 1. The van der Waals surface area contributed by atoms with E-state index in [1.165, 1.54) is 35.0 Å². The lowest BCUT2D eigenvalue weighted by Gasteiger charge is -2.09. The van der Waals surface area contributed by atoms with Crippen LogP contribution in [-0.2, 0) is 10.5 Å². The second kappa shape index (κ2) is 8.71. The number of non-ortho nitro benzene ring substituents is 1. The highest BCUT2D eigenvalue weighted by Crippen LogP contribution is 2.21. The maximum absolute atomic E-state index is 12.3. The molecular formula is C20H20N4O3S. The van der Waals surface area contributed by atoms with Crippen molar-refractivity contribution in [1.29, 1.82) is 0 Å². The molecule has 0 saturated carbocycles. The number of nitrogens with one attached hydrogen (secondary N) is 1. The number of thioether (sulfide) groups is 1. The Kier molecular flexibility index (Phi) is 6.10. The number of anilines is 1. The number of nitro groups is 1. The van der Waals surface area contributed by atoms with E-state index in [0.29, 0.717) is 17.3 Å². The molecule has 0 unspecified atom stereocenters. The van der Waals surface area contributed by atoms with E-state index in [0.717, 1.165) is 11.4 Å². The van der Waals surface area contributed by atoms with Crippen molar-refractivity contribution < 1.29 is 9.72 Å². The van der Waals surface area contributed by atoms with E-state index < -0.39 is 4.92 Å². The van der Waals surface area contributed by atoms with Crippen LogP contribution in [0.1, 0.15) is 16.8 Å². The van der Waals surface area contributed by atoms with E-state index >= 15 is 0 Å². The third kappa shape index (κ3) is 4.98. The van der Waals surface area contributed by atoms with E-state index in [1.54, 1.807) is 22.9 Å². The molecule has 1 amide bonds. The van der Waals surface area contributed by atoms with Gasteiger partial charge in [-0.15, -0.1) is 11.8 Å². The van der Waals surface area contributed by atoms with Crippen LogP contribution in [0, 0.1) is 24.0 Å². The van der Waals surface area contributed by atoms with Gasteiger partial charge in [0.05, 0.1) is 22.1 Å². The van der Waals surface area contributed by atoms with Gasteiger partial charge in [0.15, 0.2) is 0 Å². The van der Waals surface area contributed by atoms with Crippen LogP contribution < -0.4 is 5.32 Å². The predicted molar refractivity (Wildman–Crippen MR) is 111 cm³/mol. The Bertz CT molecular complexity index is 999. The third-order valence-corrected chi connectivity index (χ3v) is 4.99. The number of nitro benzene ring substituents is 1. The van der Waals surface area contributed by atoms with Crippen molar-refractivity contribution in [2.75, 3.05) is 11.1 Å². The standard InChI is InChI=1S/C20H20N4O3S/c1-14-4-3-5-16(10-14)12-28-13-20(25)21-19-11-15(2)22-23(19)17-6-8-18(9-7-17)24(26)27/h3-11H,12-13H2,1-2H3,(H,21,25). The first-order valence-electron chi connectivity index (χ1n) is 8.67. The highest BCUT2D eigenvalue weighted by molar-refractivity contribution is 7.99. The molecule has 3 aromatic rings. The summed E-state index contributed by atoms with van der Waals surface area (Å²) < 4.78 is 1.57. The molecular weight excluding hydrogens is 376 g/mol. The van der Waals surface area contributed by atoms with Gasteiger partial charge in [-0.1, -0.05) is 29.8 Å².